The predicted molar refractivity (Wildman–Crippen MR) is 141 cm³/mol. The van der Waals surface area contributed by atoms with Crippen LogP contribution >= 0.6 is 0 Å². The third kappa shape index (κ3) is 4.76. The molecule has 4 aliphatic rings. The molecule has 0 aliphatic heterocycles. The van der Waals surface area contributed by atoms with Crippen LogP contribution in [0.2, 0.25) is 0 Å². The van der Waals surface area contributed by atoms with Crippen molar-refractivity contribution in [1.82, 2.24) is 0 Å². The van der Waals surface area contributed by atoms with E-state index in [9.17, 15) is 14.7 Å². The Morgan fingerprint density at radius 1 is 0.917 bits per heavy atom. The van der Waals surface area contributed by atoms with Gasteiger partial charge in [-0.3, -0.25) is 9.59 Å². The van der Waals surface area contributed by atoms with Crippen LogP contribution < -0.4 is 0 Å². The molecule has 0 radical (unpaired) electrons. The van der Waals surface area contributed by atoms with Crippen molar-refractivity contribution in [3.63, 3.8) is 0 Å². The van der Waals surface area contributed by atoms with Crippen LogP contribution in [0.25, 0.3) is 0 Å². The Bertz CT molecular complexity index is 824. The number of hydrogen-bond acceptors (Lipinski definition) is 5. The number of hydrogen-bond donors (Lipinski definition) is 1. The number of carbonyl (C=O) groups excluding carboxylic acids is 2. The van der Waals surface area contributed by atoms with Crippen molar-refractivity contribution in [3.05, 3.63) is 0 Å². The Morgan fingerprint density at radius 3 is 2.25 bits per heavy atom. The molecule has 36 heavy (non-hydrogen) atoms. The van der Waals surface area contributed by atoms with Crippen LogP contribution in [0.4, 0.5) is 0 Å². The van der Waals surface area contributed by atoms with Gasteiger partial charge in [0, 0.05) is 25.7 Å². The third-order valence-corrected chi connectivity index (χ3v) is 11.6. The highest BCUT2D eigenvalue weighted by atomic mass is 16.6. The summed E-state index contributed by atoms with van der Waals surface area (Å²) in [6, 6.07) is 0. The Balaban J connectivity index is 1.59. The fourth-order valence-corrected chi connectivity index (χ4v) is 9.92. The summed E-state index contributed by atoms with van der Waals surface area (Å²) in [6.07, 6.45) is 10.7. The van der Waals surface area contributed by atoms with Crippen LogP contribution in [0, 0.1) is 46.3 Å². The maximum Gasteiger partial charge on any atom is 0.303 e. The minimum absolute atomic E-state index is 0.308. The lowest BCUT2D eigenvalue weighted by Crippen LogP contribution is -2.69. The van der Waals surface area contributed by atoms with Crippen LogP contribution in [-0.4, -0.2) is 34.9 Å². The van der Waals surface area contributed by atoms with E-state index in [-0.39, 0.29) is 23.5 Å². The van der Waals surface area contributed by atoms with E-state index in [4.69, 9.17) is 9.47 Å². The van der Waals surface area contributed by atoms with Gasteiger partial charge in [-0.1, -0.05) is 53.9 Å². The smallest absolute Gasteiger partial charge is 0.303 e. The van der Waals surface area contributed by atoms with Crippen molar-refractivity contribution < 1.29 is 24.2 Å². The van der Waals surface area contributed by atoms with Gasteiger partial charge in [0.1, 0.15) is 17.8 Å². The molecule has 10 atom stereocenters. The molecule has 4 saturated carbocycles. The normalized spacial score (nSPS) is 44.8. The fraction of sp³-hybridized carbons (Fsp3) is 0.935. The Morgan fingerprint density at radius 2 is 1.61 bits per heavy atom. The van der Waals surface area contributed by atoms with Gasteiger partial charge in [0.15, 0.2) is 0 Å². The molecule has 4 fully saturated rings. The van der Waals surface area contributed by atoms with E-state index in [1.165, 1.54) is 52.4 Å². The summed E-state index contributed by atoms with van der Waals surface area (Å²) >= 11 is 0. The SMILES string of the molecule is CC(=O)OC1CCC2(C)C3CCC4(C)C(CCC4[C@H](C)CCCC(C)C)C3C[C@H](OC(C)=O)[C@@]2(O)C1. The lowest BCUT2D eigenvalue weighted by Gasteiger charge is -2.65. The maximum atomic E-state index is 12.3. The second kappa shape index (κ2) is 10.2. The molecule has 0 aromatic heterocycles. The highest BCUT2D eigenvalue weighted by Gasteiger charge is 2.68. The summed E-state index contributed by atoms with van der Waals surface area (Å²) in [4.78, 5) is 23.9. The number of aliphatic hydroxyl groups is 1. The highest BCUT2D eigenvalue weighted by molar-refractivity contribution is 5.66. The van der Waals surface area contributed by atoms with Gasteiger partial charge in [-0.05, 0) is 85.9 Å². The van der Waals surface area contributed by atoms with Crippen molar-refractivity contribution in [2.24, 2.45) is 46.3 Å². The first-order valence-corrected chi connectivity index (χ1v) is 14.9. The number of fused-ring (bicyclic) bond motifs is 5. The largest absolute Gasteiger partial charge is 0.462 e. The van der Waals surface area contributed by atoms with Gasteiger partial charge in [0.2, 0.25) is 0 Å². The van der Waals surface area contributed by atoms with Gasteiger partial charge < -0.3 is 14.6 Å². The minimum atomic E-state index is -1.16. The molecule has 0 aromatic carbocycles. The van der Waals surface area contributed by atoms with Crippen molar-refractivity contribution in [1.29, 1.82) is 0 Å². The maximum absolute atomic E-state index is 12.3. The minimum Gasteiger partial charge on any atom is -0.462 e. The number of ether oxygens (including phenoxy) is 2. The zero-order chi connectivity index (χ0) is 26.5. The van der Waals surface area contributed by atoms with Gasteiger partial charge >= 0.3 is 11.9 Å². The zero-order valence-corrected chi connectivity index (χ0v) is 24.0. The second-order valence-corrected chi connectivity index (χ2v) is 14.1. The van der Waals surface area contributed by atoms with Gasteiger partial charge in [-0.25, -0.2) is 0 Å². The first kappa shape index (κ1) is 27.9. The highest BCUT2D eigenvalue weighted by Crippen LogP contribution is 2.69. The average Bonchev–Trinajstić information content (AvgIpc) is 3.12. The molecule has 0 aromatic rings. The van der Waals surface area contributed by atoms with Crippen molar-refractivity contribution in [2.45, 2.75) is 137 Å². The molecule has 0 spiro atoms. The topological polar surface area (TPSA) is 72.8 Å². The summed E-state index contributed by atoms with van der Waals surface area (Å²) < 4.78 is 11.5. The molecule has 0 heterocycles. The molecule has 0 saturated heterocycles. The number of carbonyl (C=O) groups is 2. The Kier molecular flexibility index (Phi) is 7.93. The van der Waals surface area contributed by atoms with E-state index in [1.54, 1.807) is 0 Å². The van der Waals surface area contributed by atoms with Crippen molar-refractivity contribution in [2.75, 3.05) is 0 Å². The summed E-state index contributed by atoms with van der Waals surface area (Å²) in [5.74, 6) is 3.15. The van der Waals surface area contributed by atoms with Crippen molar-refractivity contribution >= 4 is 11.9 Å². The quantitative estimate of drug-likeness (QED) is 0.391. The van der Waals surface area contributed by atoms with Crippen LogP contribution in [0.5, 0.6) is 0 Å². The Labute approximate surface area is 219 Å². The Hall–Kier alpha value is -1.10. The van der Waals surface area contributed by atoms with Gasteiger partial charge in [-0.15, -0.1) is 0 Å². The molecular formula is C31H52O5. The van der Waals surface area contributed by atoms with Crippen LogP contribution in [0.15, 0.2) is 0 Å². The molecule has 1 N–H and O–H groups in total. The lowest BCUT2D eigenvalue weighted by molar-refractivity contribution is -0.271. The standard InChI is InChI=1S/C31H52O5/c1-19(2)9-8-10-20(3)25-11-12-26-24-17-28(36-22(5)33)31(34)18-23(35-21(4)32)13-16-30(31,7)27(24)14-15-29(25,26)6/h19-20,23-28,34H,8-18H2,1-7H3/t20-,23?,24?,25?,26?,27?,28+,29?,30?,31+/m1/s1. The van der Waals surface area contributed by atoms with Crippen LogP contribution in [0.3, 0.4) is 0 Å². The van der Waals surface area contributed by atoms with E-state index in [0.717, 1.165) is 43.4 Å². The molecule has 7 unspecified atom stereocenters. The van der Waals surface area contributed by atoms with Crippen LogP contribution in [-0.2, 0) is 19.1 Å². The fourth-order valence-electron chi connectivity index (χ4n) is 9.92. The first-order chi connectivity index (χ1) is 16.8. The van der Waals surface area contributed by atoms with E-state index < -0.39 is 11.7 Å². The monoisotopic (exact) mass is 504 g/mol. The number of esters is 2. The molecular weight excluding hydrogens is 452 g/mol. The van der Waals surface area contributed by atoms with Gasteiger partial charge in [-0.2, -0.15) is 0 Å². The number of rotatable bonds is 7. The summed E-state index contributed by atoms with van der Waals surface area (Å²) in [5, 5.41) is 12.3. The van der Waals surface area contributed by atoms with Gasteiger partial charge in [0.05, 0.1) is 0 Å². The van der Waals surface area contributed by atoms with E-state index in [1.807, 2.05) is 0 Å². The zero-order valence-electron chi connectivity index (χ0n) is 24.0. The molecule has 0 amide bonds. The predicted octanol–water partition coefficient (Wildman–Crippen LogP) is 6.70. The average molecular weight is 505 g/mol. The molecule has 206 valence electrons. The summed E-state index contributed by atoms with van der Waals surface area (Å²) in [5.41, 5.74) is -1.16. The molecule has 5 heteroatoms. The van der Waals surface area contributed by atoms with Crippen LogP contribution in [0.1, 0.15) is 119 Å². The van der Waals surface area contributed by atoms with Crippen molar-refractivity contribution in [3.8, 4) is 0 Å². The summed E-state index contributed by atoms with van der Waals surface area (Å²) in [6.45, 7) is 14.8. The van der Waals surface area contributed by atoms with E-state index >= 15 is 0 Å². The molecule has 0 bridgehead atoms. The molecule has 4 rings (SSSR count). The summed E-state index contributed by atoms with van der Waals surface area (Å²) in [7, 11) is 0. The lowest BCUT2D eigenvalue weighted by atomic mass is 9.42. The molecule has 5 nitrogen and oxygen atoms in total. The van der Waals surface area contributed by atoms with E-state index in [0.29, 0.717) is 29.6 Å². The van der Waals surface area contributed by atoms with Gasteiger partial charge in [0.25, 0.3) is 0 Å². The second-order valence-electron chi connectivity index (χ2n) is 14.1. The molecule has 4 aliphatic carbocycles. The first-order valence-electron chi connectivity index (χ1n) is 14.9. The third-order valence-electron chi connectivity index (χ3n) is 11.6. The van der Waals surface area contributed by atoms with E-state index in [2.05, 4.69) is 34.6 Å².